The van der Waals surface area contributed by atoms with Gasteiger partial charge in [-0.05, 0) is 40.0 Å². The third-order valence-electron chi connectivity index (χ3n) is 4.15. The standard InChI is InChI=1S/C20H38N6O2.HI/c1-9-21-18(22-12-16-13-23-26(8)14-16)25(7)11-10-17(15(2)3)24-19(27)28-20(4,5)6;/h13-15,17H,9-12H2,1-8H3,(H,21,22)(H,24,27);1H. The minimum atomic E-state index is -0.500. The average molecular weight is 522 g/mol. The van der Waals surface area contributed by atoms with Gasteiger partial charge in [0.15, 0.2) is 5.96 Å². The molecule has 1 heterocycles. The number of aromatic nitrogens is 2. The van der Waals surface area contributed by atoms with Crippen LogP contribution in [0.2, 0.25) is 0 Å². The van der Waals surface area contributed by atoms with Crippen molar-refractivity contribution in [2.75, 3.05) is 20.1 Å². The molecule has 0 bridgehead atoms. The van der Waals surface area contributed by atoms with E-state index in [1.165, 1.54) is 0 Å². The molecule has 9 heteroatoms. The molecule has 168 valence electrons. The molecule has 0 aliphatic rings. The summed E-state index contributed by atoms with van der Waals surface area (Å²) < 4.78 is 7.17. The van der Waals surface area contributed by atoms with Gasteiger partial charge >= 0.3 is 6.09 Å². The summed E-state index contributed by atoms with van der Waals surface area (Å²) in [6, 6.07) is 0.0264. The number of rotatable bonds is 8. The fourth-order valence-corrected chi connectivity index (χ4v) is 2.66. The van der Waals surface area contributed by atoms with Gasteiger partial charge in [-0.2, -0.15) is 5.10 Å². The van der Waals surface area contributed by atoms with E-state index in [1.54, 1.807) is 4.68 Å². The van der Waals surface area contributed by atoms with Crippen LogP contribution in [0.3, 0.4) is 0 Å². The van der Waals surface area contributed by atoms with Gasteiger partial charge in [-0.15, -0.1) is 24.0 Å². The molecule has 0 spiro atoms. The molecule has 0 radical (unpaired) electrons. The highest BCUT2D eigenvalue weighted by Crippen LogP contribution is 2.11. The smallest absolute Gasteiger partial charge is 0.407 e. The number of aliphatic imine (C=N–C) groups is 1. The molecule has 0 aliphatic carbocycles. The number of hydrogen-bond donors (Lipinski definition) is 2. The van der Waals surface area contributed by atoms with Gasteiger partial charge in [-0.3, -0.25) is 4.68 Å². The second-order valence-corrected chi connectivity index (χ2v) is 8.40. The Morgan fingerprint density at radius 3 is 2.52 bits per heavy atom. The van der Waals surface area contributed by atoms with Crippen LogP contribution < -0.4 is 10.6 Å². The molecule has 1 unspecified atom stereocenters. The van der Waals surface area contributed by atoms with Crippen LogP contribution in [0.1, 0.15) is 53.5 Å². The monoisotopic (exact) mass is 522 g/mol. The Morgan fingerprint density at radius 1 is 1.38 bits per heavy atom. The van der Waals surface area contributed by atoms with E-state index in [1.807, 2.05) is 47.3 Å². The Kier molecular flexibility index (Phi) is 12.2. The lowest BCUT2D eigenvalue weighted by molar-refractivity contribution is 0.0486. The fraction of sp³-hybridized carbons (Fsp3) is 0.750. The van der Waals surface area contributed by atoms with Crippen molar-refractivity contribution in [3.8, 4) is 0 Å². The van der Waals surface area contributed by atoms with Crippen molar-refractivity contribution >= 4 is 36.0 Å². The number of guanidine groups is 1. The van der Waals surface area contributed by atoms with Gasteiger partial charge in [0.2, 0.25) is 0 Å². The van der Waals surface area contributed by atoms with E-state index in [2.05, 4.69) is 41.4 Å². The van der Waals surface area contributed by atoms with Crippen LogP contribution in [-0.2, 0) is 18.3 Å². The Labute approximate surface area is 192 Å². The van der Waals surface area contributed by atoms with E-state index in [0.717, 1.165) is 31.0 Å². The molecule has 1 amide bonds. The Bertz CT molecular complexity index is 639. The predicted octanol–water partition coefficient (Wildman–Crippen LogP) is 3.37. The number of alkyl carbamates (subject to hydrolysis) is 1. The molecule has 1 rings (SSSR count). The molecule has 1 aromatic rings. The van der Waals surface area contributed by atoms with E-state index in [9.17, 15) is 4.79 Å². The molecule has 1 aromatic heterocycles. The molecular weight excluding hydrogens is 483 g/mol. The summed E-state index contributed by atoms with van der Waals surface area (Å²) in [5.41, 5.74) is 0.567. The van der Waals surface area contributed by atoms with Crippen molar-refractivity contribution < 1.29 is 9.53 Å². The van der Waals surface area contributed by atoms with Crippen LogP contribution in [0.15, 0.2) is 17.4 Å². The minimum absolute atomic E-state index is 0. The van der Waals surface area contributed by atoms with Crippen molar-refractivity contribution in [1.82, 2.24) is 25.3 Å². The number of hydrogen-bond acceptors (Lipinski definition) is 4. The van der Waals surface area contributed by atoms with Gasteiger partial charge < -0.3 is 20.3 Å². The zero-order valence-corrected chi connectivity index (χ0v) is 21.5. The van der Waals surface area contributed by atoms with Gasteiger partial charge in [-0.1, -0.05) is 13.8 Å². The SMILES string of the molecule is CCNC(=NCc1cnn(C)c1)N(C)CCC(NC(=O)OC(C)(C)C)C(C)C.I. The first-order valence-corrected chi connectivity index (χ1v) is 9.98. The number of aryl methyl sites for hydroxylation is 1. The Balaban J connectivity index is 0.00000784. The Hall–Kier alpha value is -1.52. The average Bonchev–Trinajstić information content (AvgIpc) is 2.98. The lowest BCUT2D eigenvalue weighted by Crippen LogP contribution is -2.45. The fourth-order valence-electron chi connectivity index (χ4n) is 2.66. The molecule has 0 saturated heterocycles. The van der Waals surface area contributed by atoms with Gasteiger partial charge in [0, 0.05) is 45.0 Å². The lowest BCUT2D eigenvalue weighted by atomic mass is 10.0. The van der Waals surface area contributed by atoms with E-state index in [0.29, 0.717) is 12.5 Å². The number of nitrogens with zero attached hydrogens (tertiary/aromatic N) is 4. The van der Waals surface area contributed by atoms with E-state index in [4.69, 9.17) is 9.73 Å². The topological polar surface area (TPSA) is 83.8 Å². The normalized spacial score (nSPS) is 12.9. The van der Waals surface area contributed by atoms with Crippen molar-refractivity contribution in [1.29, 1.82) is 0 Å². The first kappa shape index (κ1) is 27.5. The van der Waals surface area contributed by atoms with Crippen molar-refractivity contribution in [3.63, 3.8) is 0 Å². The van der Waals surface area contributed by atoms with Crippen LogP contribution >= 0.6 is 24.0 Å². The summed E-state index contributed by atoms with van der Waals surface area (Å²) in [6.45, 7) is 14.0. The zero-order valence-electron chi connectivity index (χ0n) is 19.2. The van der Waals surface area contributed by atoms with E-state index < -0.39 is 5.60 Å². The summed E-state index contributed by atoms with van der Waals surface area (Å²) in [5.74, 6) is 1.14. The van der Waals surface area contributed by atoms with Crippen LogP contribution in [0.5, 0.6) is 0 Å². The summed E-state index contributed by atoms with van der Waals surface area (Å²) in [6.07, 6.45) is 4.22. The molecular formula is C20H39IN6O2. The van der Waals surface area contributed by atoms with Crippen molar-refractivity contribution in [2.24, 2.45) is 18.0 Å². The second kappa shape index (κ2) is 12.9. The molecule has 0 saturated carbocycles. The summed E-state index contributed by atoms with van der Waals surface area (Å²) in [5, 5.41) is 10.5. The van der Waals surface area contributed by atoms with Gasteiger partial charge in [0.1, 0.15) is 5.60 Å². The first-order valence-electron chi connectivity index (χ1n) is 9.98. The van der Waals surface area contributed by atoms with Crippen LogP contribution in [-0.4, -0.2) is 58.5 Å². The maximum absolute atomic E-state index is 12.1. The van der Waals surface area contributed by atoms with Crippen LogP contribution in [0.4, 0.5) is 4.79 Å². The van der Waals surface area contributed by atoms with E-state index >= 15 is 0 Å². The van der Waals surface area contributed by atoms with Crippen LogP contribution in [0.25, 0.3) is 0 Å². The molecule has 2 N–H and O–H groups in total. The molecule has 0 aliphatic heterocycles. The lowest BCUT2D eigenvalue weighted by Gasteiger charge is -2.28. The maximum Gasteiger partial charge on any atom is 0.407 e. The third kappa shape index (κ3) is 11.3. The molecule has 8 nitrogen and oxygen atoms in total. The largest absolute Gasteiger partial charge is 0.444 e. The number of ether oxygens (including phenoxy) is 1. The van der Waals surface area contributed by atoms with E-state index in [-0.39, 0.29) is 36.1 Å². The molecule has 0 fully saturated rings. The van der Waals surface area contributed by atoms with Crippen molar-refractivity contribution in [2.45, 2.75) is 66.2 Å². The number of nitrogens with one attached hydrogen (secondary N) is 2. The second-order valence-electron chi connectivity index (χ2n) is 8.40. The summed E-state index contributed by atoms with van der Waals surface area (Å²) in [7, 11) is 3.91. The number of amides is 1. The molecule has 1 atom stereocenters. The van der Waals surface area contributed by atoms with Gasteiger partial charge in [0.05, 0.1) is 12.7 Å². The highest BCUT2D eigenvalue weighted by Gasteiger charge is 2.22. The number of halogens is 1. The quantitative estimate of drug-likeness (QED) is 0.311. The zero-order chi connectivity index (χ0) is 21.3. The molecule has 0 aromatic carbocycles. The summed E-state index contributed by atoms with van der Waals surface area (Å²) in [4.78, 5) is 18.9. The molecule has 29 heavy (non-hydrogen) atoms. The first-order chi connectivity index (χ1) is 13.0. The minimum Gasteiger partial charge on any atom is -0.444 e. The highest BCUT2D eigenvalue weighted by molar-refractivity contribution is 14.0. The van der Waals surface area contributed by atoms with Gasteiger partial charge in [0.25, 0.3) is 0 Å². The number of carbonyl (C=O) groups is 1. The highest BCUT2D eigenvalue weighted by atomic mass is 127. The third-order valence-corrected chi connectivity index (χ3v) is 4.15. The maximum atomic E-state index is 12.1. The Morgan fingerprint density at radius 2 is 2.03 bits per heavy atom. The summed E-state index contributed by atoms with van der Waals surface area (Å²) >= 11 is 0. The van der Waals surface area contributed by atoms with Gasteiger partial charge in [-0.25, -0.2) is 9.79 Å². The number of carbonyl (C=O) groups excluding carboxylic acids is 1. The van der Waals surface area contributed by atoms with Crippen LogP contribution in [0, 0.1) is 5.92 Å². The van der Waals surface area contributed by atoms with Crippen molar-refractivity contribution in [3.05, 3.63) is 18.0 Å². The predicted molar refractivity (Wildman–Crippen MR) is 129 cm³/mol.